The van der Waals surface area contributed by atoms with Crippen LogP contribution in [-0.4, -0.2) is 4.98 Å². The second-order valence-electron chi connectivity index (χ2n) is 4.68. The van der Waals surface area contributed by atoms with Gasteiger partial charge in [0.2, 0.25) is 0 Å². The molecule has 0 amide bonds. The van der Waals surface area contributed by atoms with Gasteiger partial charge in [0, 0.05) is 18.2 Å². The molecule has 2 aromatic rings. The van der Waals surface area contributed by atoms with Crippen LogP contribution in [0.2, 0.25) is 0 Å². The Labute approximate surface area is 96.2 Å². The topological polar surface area (TPSA) is 12.9 Å². The lowest BCUT2D eigenvalue weighted by Gasteiger charge is -2.10. The molecule has 0 fully saturated rings. The van der Waals surface area contributed by atoms with Gasteiger partial charge in [-0.1, -0.05) is 12.1 Å². The van der Waals surface area contributed by atoms with Crippen LogP contribution in [0.25, 0.3) is 11.3 Å². The fraction of sp³-hybridized carbons (Fsp3) is 0.267. The van der Waals surface area contributed by atoms with Crippen LogP contribution in [0.15, 0.2) is 24.4 Å². The van der Waals surface area contributed by atoms with E-state index in [4.69, 9.17) is 0 Å². The summed E-state index contributed by atoms with van der Waals surface area (Å²) in [4.78, 5) is 4.53. The molecule has 1 aromatic heterocycles. The quantitative estimate of drug-likeness (QED) is 0.551. The number of rotatable bonds is 0. The van der Waals surface area contributed by atoms with E-state index in [-0.39, 0.29) is 0 Å². The molecule has 1 heteroatoms. The zero-order valence-electron chi connectivity index (χ0n) is 9.96. The summed E-state index contributed by atoms with van der Waals surface area (Å²) in [5, 5.41) is 0. The summed E-state index contributed by atoms with van der Waals surface area (Å²) in [5.74, 6) is 0. The van der Waals surface area contributed by atoms with Crippen molar-refractivity contribution in [3.63, 3.8) is 0 Å². The zero-order valence-corrected chi connectivity index (χ0v) is 9.96. The van der Waals surface area contributed by atoms with E-state index in [0.717, 1.165) is 6.42 Å². The van der Waals surface area contributed by atoms with Gasteiger partial charge in [-0.15, -0.1) is 0 Å². The number of fused-ring (bicyclic) bond motifs is 3. The molecule has 16 heavy (non-hydrogen) atoms. The molecule has 0 saturated heterocycles. The molecule has 0 bridgehead atoms. The van der Waals surface area contributed by atoms with E-state index in [1.165, 1.54) is 39.1 Å². The third kappa shape index (κ3) is 1.15. The van der Waals surface area contributed by atoms with Crippen LogP contribution in [0.4, 0.5) is 0 Å². The highest BCUT2D eigenvalue weighted by Gasteiger charge is 2.23. The van der Waals surface area contributed by atoms with Gasteiger partial charge in [-0.25, -0.2) is 0 Å². The number of benzene rings is 1. The first kappa shape index (κ1) is 9.59. The van der Waals surface area contributed by atoms with Gasteiger partial charge in [-0.05, 0) is 54.7 Å². The molecule has 0 N–H and O–H groups in total. The lowest BCUT2D eigenvalue weighted by molar-refractivity contribution is 1.17. The van der Waals surface area contributed by atoms with Crippen molar-refractivity contribution in [2.45, 2.75) is 27.2 Å². The van der Waals surface area contributed by atoms with Gasteiger partial charge in [-0.3, -0.25) is 4.98 Å². The van der Waals surface area contributed by atoms with Crippen LogP contribution < -0.4 is 0 Å². The molecule has 0 atom stereocenters. The molecular formula is C15H15N. The molecule has 1 aliphatic carbocycles. The van der Waals surface area contributed by atoms with Crippen LogP contribution in [0.1, 0.15) is 27.8 Å². The molecule has 0 radical (unpaired) electrons. The number of pyridine rings is 1. The Balaban J connectivity index is 2.37. The highest BCUT2D eigenvalue weighted by molar-refractivity contribution is 5.78. The van der Waals surface area contributed by atoms with Crippen molar-refractivity contribution in [2.24, 2.45) is 0 Å². The number of aromatic nitrogens is 1. The maximum absolute atomic E-state index is 4.53. The minimum Gasteiger partial charge on any atom is -0.256 e. The van der Waals surface area contributed by atoms with Crippen LogP contribution in [0.5, 0.6) is 0 Å². The van der Waals surface area contributed by atoms with Gasteiger partial charge in [0.1, 0.15) is 0 Å². The molecule has 0 unspecified atom stereocenters. The van der Waals surface area contributed by atoms with Gasteiger partial charge < -0.3 is 0 Å². The number of aryl methyl sites for hydroxylation is 2. The standard InChI is InChI=1S/C15H15N/c1-9-7-10(2)14-13(11(9)3)8-12-5-4-6-16-15(12)14/h4-7H,8H2,1-3H3. The average Bonchev–Trinajstić information content (AvgIpc) is 2.65. The van der Waals surface area contributed by atoms with Gasteiger partial charge in [-0.2, -0.15) is 0 Å². The van der Waals surface area contributed by atoms with Crippen molar-refractivity contribution in [1.82, 2.24) is 4.98 Å². The monoisotopic (exact) mass is 209 g/mol. The fourth-order valence-corrected chi connectivity index (χ4v) is 2.72. The van der Waals surface area contributed by atoms with Gasteiger partial charge >= 0.3 is 0 Å². The predicted molar refractivity (Wildman–Crippen MR) is 66.7 cm³/mol. The molecular weight excluding hydrogens is 194 g/mol. The van der Waals surface area contributed by atoms with Crippen molar-refractivity contribution >= 4 is 0 Å². The first-order valence-electron chi connectivity index (χ1n) is 5.72. The summed E-state index contributed by atoms with van der Waals surface area (Å²) in [7, 11) is 0. The predicted octanol–water partition coefficient (Wildman–Crippen LogP) is 3.58. The molecule has 0 aliphatic heterocycles. The minimum absolute atomic E-state index is 1.05. The van der Waals surface area contributed by atoms with E-state index in [2.05, 4.69) is 37.9 Å². The fourth-order valence-electron chi connectivity index (χ4n) is 2.72. The molecule has 0 spiro atoms. The lowest BCUT2D eigenvalue weighted by Crippen LogP contribution is -1.93. The number of nitrogens with zero attached hydrogens (tertiary/aromatic N) is 1. The van der Waals surface area contributed by atoms with Crippen molar-refractivity contribution in [3.05, 3.63) is 52.2 Å². The highest BCUT2D eigenvalue weighted by Crippen LogP contribution is 2.39. The Morgan fingerprint density at radius 1 is 1.12 bits per heavy atom. The van der Waals surface area contributed by atoms with Crippen LogP contribution in [0, 0.1) is 20.8 Å². The van der Waals surface area contributed by atoms with Crippen LogP contribution >= 0.6 is 0 Å². The van der Waals surface area contributed by atoms with Crippen molar-refractivity contribution in [1.29, 1.82) is 0 Å². The Kier molecular flexibility index (Phi) is 1.90. The number of hydrogen-bond donors (Lipinski definition) is 0. The lowest BCUT2D eigenvalue weighted by atomic mass is 9.95. The maximum Gasteiger partial charge on any atom is 0.0742 e. The normalized spacial score (nSPS) is 12.4. The molecule has 0 saturated carbocycles. The van der Waals surface area contributed by atoms with E-state index < -0.39 is 0 Å². The van der Waals surface area contributed by atoms with Crippen molar-refractivity contribution < 1.29 is 0 Å². The SMILES string of the molecule is Cc1cc(C)c2c(c1C)Cc1cccnc1-2. The maximum atomic E-state index is 4.53. The van der Waals surface area contributed by atoms with Crippen molar-refractivity contribution in [3.8, 4) is 11.3 Å². The summed E-state index contributed by atoms with van der Waals surface area (Å²) in [6.07, 6.45) is 2.94. The summed E-state index contributed by atoms with van der Waals surface area (Å²) in [6, 6.07) is 6.50. The highest BCUT2D eigenvalue weighted by atomic mass is 14.7. The Bertz CT molecular complexity index is 582. The van der Waals surface area contributed by atoms with Crippen LogP contribution in [-0.2, 0) is 6.42 Å². The first-order chi connectivity index (χ1) is 7.68. The number of hydrogen-bond acceptors (Lipinski definition) is 1. The first-order valence-corrected chi connectivity index (χ1v) is 5.72. The van der Waals surface area contributed by atoms with Crippen LogP contribution in [0.3, 0.4) is 0 Å². The smallest absolute Gasteiger partial charge is 0.0742 e. The summed E-state index contributed by atoms with van der Waals surface area (Å²) in [5.41, 5.74) is 9.59. The van der Waals surface area contributed by atoms with E-state index in [1.54, 1.807) is 0 Å². The molecule has 1 aromatic carbocycles. The summed E-state index contributed by atoms with van der Waals surface area (Å²) in [6.45, 7) is 6.60. The average molecular weight is 209 g/mol. The molecule has 1 nitrogen and oxygen atoms in total. The van der Waals surface area contributed by atoms with E-state index >= 15 is 0 Å². The van der Waals surface area contributed by atoms with Gasteiger partial charge in [0.05, 0.1) is 5.69 Å². The van der Waals surface area contributed by atoms with E-state index in [9.17, 15) is 0 Å². The van der Waals surface area contributed by atoms with E-state index in [0.29, 0.717) is 0 Å². The minimum atomic E-state index is 1.05. The zero-order chi connectivity index (χ0) is 11.3. The Morgan fingerprint density at radius 2 is 1.94 bits per heavy atom. The second-order valence-corrected chi connectivity index (χ2v) is 4.68. The molecule has 1 aliphatic rings. The van der Waals surface area contributed by atoms with Gasteiger partial charge in [0.25, 0.3) is 0 Å². The summed E-state index contributed by atoms with van der Waals surface area (Å²) < 4.78 is 0. The third-order valence-corrected chi connectivity index (χ3v) is 3.67. The second kappa shape index (κ2) is 3.18. The van der Waals surface area contributed by atoms with Crippen molar-refractivity contribution in [2.75, 3.05) is 0 Å². The third-order valence-electron chi connectivity index (χ3n) is 3.67. The largest absolute Gasteiger partial charge is 0.256 e. The van der Waals surface area contributed by atoms with Gasteiger partial charge in [0.15, 0.2) is 0 Å². The summed E-state index contributed by atoms with van der Waals surface area (Å²) >= 11 is 0. The Hall–Kier alpha value is -1.63. The Morgan fingerprint density at radius 3 is 2.75 bits per heavy atom. The van der Waals surface area contributed by atoms with E-state index in [1.807, 2.05) is 12.3 Å². The molecule has 3 rings (SSSR count). The molecule has 1 heterocycles. The molecule has 80 valence electrons.